The lowest BCUT2D eigenvalue weighted by molar-refractivity contribution is 0.598. The zero-order chi connectivity index (χ0) is 15.2. The summed E-state index contributed by atoms with van der Waals surface area (Å²) in [6.07, 6.45) is 0. The molecule has 9 heteroatoms. The van der Waals surface area contributed by atoms with Gasteiger partial charge in [-0.25, -0.2) is 8.42 Å². The minimum absolute atomic E-state index is 0.0502. The van der Waals surface area contributed by atoms with E-state index < -0.39 is 9.05 Å². The number of hydrogen-bond donors (Lipinski definition) is 0. The highest BCUT2D eigenvalue weighted by Gasteiger charge is 2.23. The Morgan fingerprint density at radius 3 is 2.15 bits per heavy atom. The third kappa shape index (κ3) is 2.57. The minimum Gasteiger partial charge on any atom is -0.269 e. The highest BCUT2D eigenvalue weighted by molar-refractivity contribution is 8.13. The average molecular weight is 337 g/mol. The monoisotopic (exact) mass is 336 g/mol. The van der Waals surface area contributed by atoms with Crippen LogP contribution in [0.15, 0.2) is 4.90 Å². The fourth-order valence-electron chi connectivity index (χ4n) is 2.18. The Morgan fingerprint density at radius 1 is 1.15 bits per heavy atom. The second kappa shape index (κ2) is 5.05. The lowest BCUT2D eigenvalue weighted by Crippen LogP contribution is -2.09. The van der Waals surface area contributed by atoms with E-state index in [1.165, 1.54) is 0 Å². The predicted octanol–water partition coefficient (Wildman–Crippen LogP) is 2.17. The lowest BCUT2D eigenvalue weighted by atomic mass is 10.3. The molecular weight excluding hydrogens is 323 g/mol. The van der Waals surface area contributed by atoms with Crippen molar-refractivity contribution in [1.82, 2.24) is 19.6 Å². The van der Waals surface area contributed by atoms with Crippen LogP contribution in [-0.4, -0.2) is 28.0 Å². The van der Waals surface area contributed by atoms with Crippen molar-refractivity contribution >= 4 is 31.3 Å². The van der Waals surface area contributed by atoms with Crippen molar-refractivity contribution in [2.24, 2.45) is 7.05 Å². The maximum absolute atomic E-state index is 11.5. The van der Waals surface area contributed by atoms with Gasteiger partial charge in [-0.2, -0.15) is 10.2 Å². The van der Waals surface area contributed by atoms with Crippen molar-refractivity contribution in [2.45, 2.75) is 32.2 Å². The van der Waals surface area contributed by atoms with Crippen LogP contribution in [0.2, 0.25) is 5.02 Å². The topological polar surface area (TPSA) is 69.8 Å². The molecule has 0 unspecified atom stereocenters. The molecule has 0 fully saturated rings. The molecule has 110 valence electrons. The molecule has 0 aliphatic rings. The van der Waals surface area contributed by atoms with Gasteiger partial charge in [0.05, 0.1) is 34.3 Å². The number of aryl methyl sites for hydroxylation is 3. The number of hydrogen-bond acceptors (Lipinski definition) is 4. The SMILES string of the molecule is Cc1nn(C)c(Cn2nc(C)c(S(=O)(=O)Cl)c2C)c1Cl. The molecule has 20 heavy (non-hydrogen) atoms. The Morgan fingerprint density at radius 2 is 1.75 bits per heavy atom. The van der Waals surface area contributed by atoms with Crippen LogP contribution < -0.4 is 0 Å². The van der Waals surface area contributed by atoms with Crippen LogP contribution >= 0.6 is 22.3 Å². The first-order chi connectivity index (χ1) is 9.12. The summed E-state index contributed by atoms with van der Waals surface area (Å²) in [7, 11) is 3.39. The van der Waals surface area contributed by atoms with Gasteiger partial charge in [0, 0.05) is 17.7 Å². The molecule has 0 saturated heterocycles. The molecule has 6 nitrogen and oxygen atoms in total. The molecule has 0 aliphatic carbocycles. The van der Waals surface area contributed by atoms with Crippen LogP contribution in [0.3, 0.4) is 0 Å². The second-order valence-electron chi connectivity index (χ2n) is 4.57. The van der Waals surface area contributed by atoms with E-state index in [1.54, 1.807) is 30.3 Å². The Hall–Kier alpha value is -1.05. The molecule has 2 heterocycles. The van der Waals surface area contributed by atoms with Crippen LogP contribution in [0.25, 0.3) is 0 Å². The standard InChI is InChI=1S/C11H14Cl2N4O2S/c1-6-10(12)9(16(4)14-6)5-17-8(3)11(7(2)15-17)20(13,18)19/h5H2,1-4H3. The molecular formula is C11H14Cl2N4O2S. The summed E-state index contributed by atoms with van der Waals surface area (Å²) in [5, 5.41) is 8.98. The van der Waals surface area contributed by atoms with Crippen molar-refractivity contribution in [1.29, 1.82) is 0 Å². The molecule has 0 aliphatic heterocycles. The van der Waals surface area contributed by atoms with Gasteiger partial charge >= 0.3 is 0 Å². The summed E-state index contributed by atoms with van der Waals surface area (Å²) >= 11 is 6.18. The van der Waals surface area contributed by atoms with E-state index in [0.717, 1.165) is 11.4 Å². The molecule has 0 atom stereocenters. The van der Waals surface area contributed by atoms with Gasteiger partial charge in [0.15, 0.2) is 0 Å². The summed E-state index contributed by atoms with van der Waals surface area (Å²) in [4.78, 5) is 0.0502. The van der Waals surface area contributed by atoms with E-state index in [9.17, 15) is 8.42 Å². The van der Waals surface area contributed by atoms with Gasteiger partial charge in [0.1, 0.15) is 4.90 Å². The van der Waals surface area contributed by atoms with Gasteiger partial charge < -0.3 is 0 Å². The first kappa shape index (κ1) is 15.3. The van der Waals surface area contributed by atoms with Crippen molar-refractivity contribution in [2.75, 3.05) is 0 Å². The van der Waals surface area contributed by atoms with Gasteiger partial charge in [0.25, 0.3) is 9.05 Å². The Labute approximate surface area is 126 Å². The van der Waals surface area contributed by atoms with E-state index in [0.29, 0.717) is 23.0 Å². The third-order valence-corrected chi connectivity index (χ3v) is 5.15. The summed E-state index contributed by atoms with van der Waals surface area (Å²) < 4.78 is 26.3. The largest absolute Gasteiger partial charge is 0.269 e. The zero-order valence-electron chi connectivity index (χ0n) is 11.5. The zero-order valence-corrected chi connectivity index (χ0v) is 13.8. The number of aromatic nitrogens is 4. The molecule has 2 aromatic rings. The molecule has 0 N–H and O–H groups in total. The lowest BCUT2D eigenvalue weighted by Gasteiger charge is -2.06. The fraction of sp³-hybridized carbons (Fsp3) is 0.455. The normalized spacial score (nSPS) is 12.1. The molecule has 2 aromatic heterocycles. The Kier molecular flexibility index (Phi) is 3.88. The van der Waals surface area contributed by atoms with Crippen LogP contribution in [0.4, 0.5) is 0 Å². The van der Waals surface area contributed by atoms with E-state index in [4.69, 9.17) is 22.3 Å². The van der Waals surface area contributed by atoms with Gasteiger partial charge in [-0.3, -0.25) is 9.36 Å². The third-order valence-electron chi connectivity index (χ3n) is 3.12. The second-order valence-corrected chi connectivity index (χ2v) is 7.45. The maximum Gasteiger partial charge on any atom is 0.264 e. The number of rotatable bonds is 3. The van der Waals surface area contributed by atoms with E-state index in [2.05, 4.69) is 10.2 Å². The predicted molar refractivity (Wildman–Crippen MR) is 76.8 cm³/mol. The highest BCUT2D eigenvalue weighted by atomic mass is 35.7. The molecule has 2 rings (SSSR count). The summed E-state index contributed by atoms with van der Waals surface area (Å²) in [6, 6.07) is 0. The first-order valence-electron chi connectivity index (χ1n) is 5.79. The summed E-state index contributed by atoms with van der Waals surface area (Å²) in [5.74, 6) is 0. The quantitative estimate of drug-likeness (QED) is 0.805. The molecule has 0 spiro atoms. The summed E-state index contributed by atoms with van der Waals surface area (Å²) in [6.45, 7) is 5.40. The van der Waals surface area contributed by atoms with E-state index >= 15 is 0 Å². The van der Waals surface area contributed by atoms with Gasteiger partial charge in [-0.05, 0) is 20.8 Å². The molecule has 0 aromatic carbocycles. The van der Waals surface area contributed by atoms with Gasteiger partial charge in [0.2, 0.25) is 0 Å². The Bertz CT molecular complexity index is 777. The first-order valence-corrected chi connectivity index (χ1v) is 8.48. The van der Waals surface area contributed by atoms with Crippen molar-refractivity contribution in [3.63, 3.8) is 0 Å². The fourth-order valence-corrected chi connectivity index (χ4v) is 3.92. The smallest absolute Gasteiger partial charge is 0.264 e. The molecule has 0 saturated carbocycles. The molecule has 0 amide bonds. The van der Waals surface area contributed by atoms with Crippen LogP contribution in [0.1, 0.15) is 22.8 Å². The number of halogens is 2. The summed E-state index contributed by atoms with van der Waals surface area (Å²) in [5.41, 5.74) is 2.32. The molecule has 0 radical (unpaired) electrons. The minimum atomic E-state index is -3.82. The van der Waals surface area contributed by atoms with Gasteiger partial charge in [-0.15, -0.1) is 0 Å². The van der Waals surface area contributed by atoms with Crippen LogP contribution in [0.5, 0.6) is 0 Å². The highest BCUT2D eigenvalue weighted by Crippen LogP contribution is 2.25. The number of nitrogens with zero attached hydrogens (tertiary/aromatic N) is 4. The van der Waals surface area contributed by atoms with E-state index in [1.807, 2.05) is 6.92 Å². The van der Waals surface area contributed by atoms with E-state index in [-0.39, 0.29) is 4.90 Å². The average Bonchev–Trinajstić information content (AvgIpc) is 2.70. The van der Waals surface area contributed by atoms with Crippen LogP contribution in [-0.2, 0) is 22.6 Å². The van der Waals surface area contributed by atoms with Gasteiger partial charge in [-0.1, -0.05) is 11.6 Å². The van der Waals surface area contributed by atoms with Crippen molar-refractivity contribution < 1.29 is 8.42 Å². The van der Waals surface area contributed by atoms with Crippen LogP contribution in [0, 0.1) is 20.8 Å². The van der Waals surface area contributed by atoms with Crippen molar-refractivity contribution in [3.05, 3.63) is 27.8 Å². The molecule has 0 bridgehead atoms. The van der Waals surface area contributed by atoms with Crippen molar-refractivity contribution in [3.8, 4) is 0 Å². The Balaban J connectivity index is 2.51. The maximum atomic E-state index is 11.5.